The molecule has 0 spiro atoms. The first-order valence-electron chi connectivity index (χ1n) is 10.1. The van der Waals surface area contributed by atoms with E-state index in [9.17, 15) is 18.0 Å². The normalized spacial score (nSPS) is 14.5. The fourth-order valence-corrected chi connectivity index (χ4v) is 3.39. The van der Waals surface area contributed by atoms with Gasteiger partial charge in [0.2, 0.25) is 5.91 Å². The number of hydrogen-bond donors (Lipinski definition) is 0. The minimum Gasteiger partial charge on any atom is -0.493 e. The highest BCUT2D eigenvalue weighted by Gasteiger charge is 2.31. The highest BCUT2D eigenvalue weighted by molar-refractivity contribution is 5.92. The van der Waals surface area contributed by atoms with Crippen LogP contribution in [0.2, 0.25) is 0 Å². The van der Waals surface area contributed by atoms with Crippen molar-refractivity contribution in [3.63, 3.8) is 0 Å². The van der Waals surface area contributed by atoms with Gasteiger partial charge >= 0.3 is 6.18 Å². The van der Waals surface area contributed by atoms with Crippen molar-refractivity contribution in [1.82, 2.24) is 4.90 Å². The minimum absolute atomic E-state index is 0.153. The molecule has 5 nitrogen and oxygen atoms in total. The maximum absolute atomic E-state index is 13.0. The summed E-state index contributed by atoms with van der Waals surface area (Å²) >= 11 is 0. The molecule has 2 aromatic rings. The number of hydrogen-bond acceptors (Lipinski definition) is 4. The third-order valence-electron chi connectivity index (χ3n) is 5.09. The number of piperazine rings is 1. The number of halogens is 3. The largest absolute Gasteiger partial charge is 0.493 e. The molecular formula is C24H25F3N2O3. The molecule has 0 N–H and O–H groups in total. The van der Waals surface area contributed by atoms with Crippen molar-refractivity contribution in [2.45, 2.75) is 6.18 Å². The smallest absolute Gasteiger partial charge is 0.416 e. The van der Waals surface area contributed by atoms with Gasteiger partial charge in [0.05, 0.1) is 12.7 Å². The summed E-state index contributed by atoms with van der Waals surface area (Å²) in [6, 6.07) is 10.6. The van der Waals surface area contributed by atoms with Crippen LogP contribution in [0.4, 0.5) is 18.9 Å². The summed E-state index contributed by atoms with van der Waals surface area (Å²) in [5.74, 6) is 0.984. The highest BCUT2D eigenvalue weighted by atomic mass is 19.4. The Morgan fingerprint density at radius 3 is 2.50 bits per heavy atom. The van der Waals surface area contributed by atoms with Crippen LogP contribution < -0.4 is 14.4 Å². The van der Waals surface area contributed by atoms with Gasteiger partial charge in [-0.3, -0.25) is 4.79 Å². The number of carbonyl (C=O) groups is 1. The molecule has 1 aliphatic rings. The third-order valence-corrected chi connectivity index (χ3v) is 5.09. The van der Waals surface area contributed by atoms with E-state index in [4.69, 9.17) is 9.47 Å². The highest BCUT2D eigenvalue weighted by Crippen LogP contribution is 2.32. The number of methoxy groups -OCH3 is 1. The Morgan fingerprint density at radius 1 is 1.09 bits per heavy atom. The van der Waals surface area contributed by atoms with Gasteiger partial charge in [-0.25, -0.2) is 0 Å². The minimum atomic E-state index is -4.38. The molecule has 0 radical (unpaired) electrons. The lowest BCUT2D eigenvalue weighted by Crippen LogP contribution is -2.48. The first-order chi connectivity index (χ1) is 15.3. The van der Waals surface area contributed by atoms with Crippen molar-refractivity contribution in [2.24, 2.45) is 0 Å². The topological polar surface area (TPSA) is 42.0 Å². The third kappa shape index (κ3) is 5.84. The van der Waals surface area contributed by atoms with Crippen LogP contribution in [0.15, 0.2) is 61.2 Å². The zero-order valence-electron chi connectivity index (χ0n) is 17.8. The van der Waals surface area contributed by atoms with Gasteiger partial charge in [-0.1, -0.05) is 24.8 Å². The van der Waals surface area contributed by atoms with Crippen LogP contribution >= 0.6 is 0 Å². The van der Waals surface area contributed by atoms with Crippen LogP contribution in [0.5, 0.6) is 11.5 Å². The van der Waals surface area contributed by atoms with Gasteiger partial charge in [-0.2, -0.15) is 13.2 Å². The van der Waals surface area contributed by atoms with Crippen LogP contribution in [0.3, 0.4) is 0 Å². The van der Waals surface area contributed by atoms with Gasteiger partial charge in [0, 0.05) is 37.9 Å². The number of carbonyl (C=O) groups excluding carboxylic acids is 1. The van der Waals surface area contributed by atoms with Crippen molar-refractivity contribution >= 4 is 17.7 Å². The van der Waals surface area contributed by atoms with Crippen molar-refractivity contribution < 1.29 is 27.4 Å². The molecule has 32 heavy (non-hydrogen) atoms. The molecule has 0 atom stereocenters. The second kappa shape index (κ2) is 10.3. The van der Waals surface area contributed by atoms with E-state index in [-0.39, 0.29) is 5.91 Å². The van der Waals surface area contributed by atoms with Crippen molar-refractivity contribution in [1.29, 1.82) is 0 Å². The van der Waals surface area contributed by atoms with E-state index >= 15 is 0 Å². The summed E-state index contributed by atoms with van der Waals surface area (Å²) in [5, 5.41) is 0. The Kier molecular flexibility index (Phi) is 7.45. The number of nitrogens with zero attached hydrogens (tertiary/aromatic N) is 2. The molecule has 1 aliphatic heterocycles. The predicted octanol–water partition coefficient (Wildman–Crippen LogP) is 4.64. The van der Waals surface area contributed by atoms with Gasteiger partial charge in [0.15, 0.2) is 11.5 Å². The van der Waals surface area contributed by atoms with E-state index in [0.717, 1.165) is 17.7 Å². The Balaban J connectivity index is 1.59. The number of ether oxygens (including phenoxy) is 2. The zero-order chi connectivity index (χ0) is 23.1. The monoisotopic (exact) mass is 446 g/mol. The van der Waals surface area contributed by atoms with Crippen molar-refractivity contribution in [2.75, 3.05) is 44.8 Å². The molecule has 0 unspecified atom stereocenters. The molecule has 0 bridgehead atoms. The molecule has 1 saturated heterocycles. The number of amides is 1. The van der Waals surface area contributed by atoms with Gasteiger partial charge in [-0.05, 0) is 42.0 Å². The molecule has 0 aliphatic carbocycles. The van der Waals surface area contributed by atoms with Gasteiger partial charge < -0.3 is 19.3 Å². The lowest BCUT2D eigenvalue weighted by Gasteiger charge is -2.35. The summed E-state index contributed by atoms with van der Waals surface area (Å²) < 4.78 is 49.7. The first kappa shape index (κ1) is 23.2. The molecule has 8 heteroatoms. The average Bonchev–Trinajstić information content (AvgIpc) is 2.81. The zero-order valence-corrected chi connectivity index (χ0v) is 17.8. The fourth-order valence-electron chi connectivity index (χ4n) is 3.39. The second-order valence-electron chi connectivity index (χ2n) is 7.20. The summed E-state index contributed by atoms with van der Waals surface area (Å²) in [6.07, 6.45) is 0.441. The van der Waals surface area contributed by atoms with E-state index in [2.05, 4.69) is 6.58 Å². The van der Waals surface area contributed by atoms with Crippen molar-refractivity contribution in [3.8, 4) is 11.5 Å². The summed E-state index contributed by atoms with van der Waals surface area (Å²) in [4.78, 5) is 16.1. The molecule has 1 fully saturated rings. The lowest BCUT2D eigenvalue weighted by molar-refractivity contribution is -0.137. The predicted molar refractivity (Wildman–Crippen MR) is 118 cm³/mol. The SMILES string of the molecule is C=CCOc1ccc(/C=C/C(=O)N2CCN(c3cccc(C(F)(F)F)c3)CC2)cc1OC. The van der Waals surface area contributed by atoms with E-state index < -0.39 is 11.7 Å². The van der Waals surface area contributed by atoms with Crippen LogP contribution in [-0.4, -0.2) is 50.7 Å². The van der Waals surface area contributed by atoms with E-state index in [1.54, 1.807) is 42.4 Å². The number of alkyl halides is 3. The van der Waals surface area contributed by atoms with E-state index in [1.165, 1.54) is 12.1 Å². The quantitative estimate of drug-likeness (QED) is 0.459. The second-order valence-corrected chi connectivity index (χ2v) is 7.20. The summed E-state index contributed by atoms with van der Waals surface area (Å²) in [5.41, 5.74) is 0.616. The van der Waals surface area contributed by atoms with E-state index in [0.29, 0.717) is 50.0 Å². The van der Waals surface area contributed by atoms with Gasteiger partial charge in [0.1, 0.15) is 6.61 Å². The Hall–Kier alpha value is -3.42. The Labute approximate surface area is 185 Å². The first-order valence-corrected chi connectivity index (χ1v) is 10.1. The summed E-state index contributed by atoms with van der Waals surface area (Å²) in [7, 11) is 1.54. The van der Waals surface area contributed by atoms with Crippen LogP contribution in [0.1, 0.15) is 11.1 Å². The standard InChI is InChI=1S/C24H25F3N2O3/c1-3-15-32-21-9-7-18(16-22(21)31-2)8-10-23(30)29-13-11-28(12-14-29)20-6-4-5-19(17-20)24(25,26)27/h3-10,16-17H,1,11-15H2,2H3/b10-8+. The molecule has 170 valence electrons. The Bertz CT molecular complexity index is 981. The fraction of sp³-hybridized carbons (Fsp3) is 0.292. The number of anilines is 1. The number of benzene rings is 2. The molecular weight excluding hydrogens is 421 g/mol. The van der Waals surface area contributed by atoms with Crippen LogP contribution in [-0.2, 0) is 11.0 Å². The number of rotatable bonds is 7. The Morgan fingerprint density at radius 2 is 1.84 bits per heavy atom. The molecule has 1 heterocycles. The molecule has 0 aromatic heterocycles. The van der Waals surface area contributed by atoms with E-state index in [1.807, 2.05) is 11.0 Å². The van der Waals surface area contributed by atoms with Crippen LogP contribution in [0.25, 0.3) is 6.08 Å². The average molecular weight is 446 g/mol. The van der Waals surface area contributed by atoms with Crippen molar-refractivity contribution in [3.05, 3.63) is 72.3 Å². The van der Waals surface area contributed by atoms with Gasteiger partial charge in [0.25, 0.3) is 0 Å². The van der Waals surface area contributed by atoms with Crippen LogP contribution in [0, 0.1) is 0 Å². The lowest BCUT2D eigenvalue weighted by atomic mass is 10.1. The molecule has 2 aromatic carbocycles. The van der Waals surface area contributed by atoms with Gasteiger partial charge in [-0.15, -0.1) is 0 Å². The molecule has 0 saturated carbocycles. The molecule has 3 rings (SSSR count). The summed E-state index contributed by atoms with van der Waals surface area (Å²) in [6.45, 7) is 5.75. The maximum atomic E-state index is 13.0. The molecule has 1 amide bonds. The maximum Gasteiger partial charge on any atom is 0.416 e.